The minimum atomic E-state index is -0.0397. The van der Waals surface area contributed by atoms with E-state index in [1.165, 1.54) is 0 Å². The number of fused-ring (bicyclic) bond motifs is 1. The Bertz CT molecular complexity index is 1610. The number of amides is 1. The molecule has 3 heterocycles. The number of nitrogens with zero attached hydrogens (tertiary/aromatic N) is 5. The van der Waals surface area contributed by atoms with Crippen molar-refractivity contribution in [3.05, 3.63) is 96.4 Å². The molecule has 0 spiro atoms. The van der Waals surface area contributed by atoms with E-state index in [1.807, 2.05) is 59.5 Å². The summed E-state index contributed by atoms with van der Waals surface area (Å²) in [5.74, 6) is 2.20. The molecular formula is C31H28ClN5O3. The Morgan fingerprint density at radius 1 is 0.875 bits per heavy atom. The number of ether oxygens (including phenoxy) is 2. The number of carbonyl (C=O) groups is 1. The highest BCUT2D eigenvalue weighted by Gasteiger charge is 2.26. The number of anilines is 1. The molecule has 0 N–H and O–H groups in total. The van der Waals surface area contributed by atoms with Gasteiger partial charge >= 0.3 is 0 Å². The Morgan fingerprint density at radius 2 is 1.57 bits per heavy atom. The molecule has 1 saturated heterocycles. The molecule has 1 aliphatic rings. The Labute approximate surface area is 237 Å². The lowest BCUT2D eigenvalue weighted by atomic mass is 10.1. The molecule has 40 heavy (non-hydrogen) atoms. The topological polar surface area (TPSA) is 72.7 Å². The molecule has 9 heteroatoms. The van der Waals surface area contributed by atoms with Crippen molar-refractivity contribution in [2.75, 3.05) is 44.8 Å². The van der Waals surface area contributed by atoms with E-state index in [9.17, 15) is 4.79 Å². The number of carbonyl (C=O) groups excluding carboxylic acids is 1. The van der Waals surface area contributed by atoms with Crippen molar-refractivity contribution in [2.45, 2.75) is 0 Å². The largest absolute Gasteiger partial charge is 0.497 e. The molecule has 6 rings (SSSR count). The van der Waals surface area contributed by atoms with Gasteiger partial charge in [-0.25, -0.2) is 9.97 Å². The van der Waals surface area contributed by atoms with Crippen LogP contribution in [0, 0.1) is 0 Å². The zero-order valence-electron chi connectivity index (χ0n) is 22.0. The van der Waals surface area contributed by atoms with E-state index in [0.717, 1.165) is 39.4 Å². The van der Waals surface area contributed by atoms with Gasteiger partial charge < -0.3 is 23.8 Å². The first-order chi connectivity index (χ1) is 19.6. The van der Waals surface area contributed by atoms with E-state index in [4.69, 9.17) is 31.0 Å². The number of hydrogen-bond acceptors (Lipinski definition) is 6. The molecule has 0 bridgehead atoms. The Balaban J connectivity index is 1.24. The second-order valence-corrected chi connectivity index (χ2v) is 9.92. The first-order valence-electron chi connectivity index (χ1n) is 13.1. The van der Waals surface area contributed by atoms with Crippen LogP contribution in [0.25, 0.3) is 27.8 Å². The van der Waals surface area contributed by atoms with E-state index >= 15 is 0 Å². The van der Waals surface area contributed by atoms with Crippen molar-refractivity contribution in [2.24, 2.45) is 0 Å². The zero-order chi connectivity index (χ0) is 27.5. The summed E-state index contributed by atoms with van der Waals surface area (Å²) in [4.78, 5) is 26.4. The third-order valence-corrected chi connectivity index (χ3v) is 7.36. The van der Waals surface area contributed by atoms with Crippen molar-refractivity contribution >= 4 is 34.4 Å². The van der Waals surface area contributed by atoms with Crippen molar-refractivity contribution in [3.8, 4) is 28.3 Å². The summed E-state index contributed by atoms with van der Waals surface area (Å²) in [6.07, 6.45) is 3.72. The van der Waals surface area contributed by atoms with Crippen LogP contribution in [0.2, 0.25) is 5.02 Å². The van der Waals surface area contributed by atoms with Crippen LogP contribution in [0.3, 0.4) is 0 Å². The van der Waals surface area contributed by atoms with Gasteiger partial charge in [0, 0.05) is 48.6 Å². The second kappa shape index (κ2) is 11.3. The molecule has 1 fully saturated rings. The molecule has 1 amide bonds. The molecule has 3 aromatic carbocycles. The predicted molar refractivity (Wildman–Crippen MR) is 157 cm³/mol. The molecule has 0 radical (unpaired) electrons. The quantitative estimate of drug-likeness (QED) is 0.266. The van der Waals surface area contributed by atoms with Gasteiger partial charge in [-0.15, -0.1) is 0 Å². The van der Waals surface area contributed by atoms with Crippen LogP contribution in [-0.4, -0.2) is 65.2 Å². The van der Waals surface area contributed by atoms with Gasteiger partial charge in [-0.1, -0.05) is 41.9 Å². The highest BCUT2D eigenvalue weighted by Crippen LogP contribution is 2.37. The number of hydrogen-bond donors (Lipinski definition) is 0. The average Bonchev–Trinajstić information content (AvgIpc) is 3.41. The van der Waals surface area contributed by atoms with Crippen LogP contribution in [0.1, 0.15) is 0 Å². The summed E-state index contributed by atoms with van der Waals surface area (Å²) >= 11 is 6.16. The number of piperazine rings is 1. The molecule has 0 saturated carbocycles. The van der Waals surface area contributed by atoms with Gasteiger partial charge in [-0.05, 0) is 54.1 Å². The van der Waals surface area contributed by atoms with Crippen molar-refractivity contribution < 1.29 is 14.3 Å². The van der Waals surface area contributed by atoms with Crippen LogP contribution >= 0.6 is 11.6 Å². The van der Waals surface area contributed by atoms with Crippen LogP contribution in [0.15, 0.2) is 91.4 Å². The fourth-order valence-corrected chi connectivity index (χ4v) is 5.12. The SMILES string of the molecule is COc1ccc(OCC(=O)N2CCN(c3ncnc4c3c(-c3ccccc3)cn4-c3ccc(Cl)cc3)CC2)cc1. The summed E-state index contributed by atoms with van der Waals surface area (Å²) in [7, 11) is 1.61. The lowest BCUT2D eigenvalue weighted by Gasteiger charge is -2.35. The lowest BCUT2D eigenvalue weighted by molar-refractivity contribution is -0.133. The maximum absolute atomic E-state index is 12.9. The van der Waals surface area contributed by atoms with Gasteiger partial charge in [-0.2, -0.15) is 0 Å². The van der Waals surface area contributed by atoms with Crippen LogP contribution in [-0.2, 0) is 4.79 Å². The van der Waals surface area contributed by atoms with E-state index in [0.29, 0.717) is 37.0 Å². The number of methoxy groups -OCH3 is 1. The van der Waals surface area contributed by atoms with E-state index in [-0.39, 0.29) is 12.5 Å². The monoisotopic (exact) mass is 553 g/mol. The number of benzene rings is 3. The van der Waals surface area contributed by atoms with Crippen molar-refractivity contribution in [1.29, 1.82) is 0 Å². The summed E-state index contributed by atoms with van der Waals surface area (Å²) in [6, 6.07) is 25.2. The highest BCUT2D eigenvalue weighted by molar-refractivity contribution is 6.30. The number of aromatic nitrogens is 3. The van der Waals surface area contributed by atoms with E-state index in [1.54, 1.807) is 25.6 Å². The summed E-state index contributed by atoms with van der Waals surface area (Å²) in [5.41, 5.74) is 3.92. The predicted octanol–water partition coefficient (Wildman–Crippen LogP) is 5.48. The lowest BCUT2D eigenvalue weighted by Crippen LogP contribution is -2.50. The molecule has 202 valence electrons. The van der Waals surface area contributed by atoms with Gasteiger partial charge in [0.1, 0.15) is 23.6 Å². The first-order valence-corrected chi connectivity index (χ1v) is 13.5. The van der Waals surface area contributed by atoms with Gasteiger partial charge in [0.2, 0.25) is 0 Å². The summed E-state index contributed by atoms with van der Waals surface area (Å²) in [6.45, 7) is 2.46. The number of rotatable bonds is 7. The van der Waals surface area contributed by atoms with Crippen LogP contribution in [0.4, 0.5) is 5.82 Å². The highest BCUT2D eigenvalue weighted by atomic mass is 35.5. The fourth-order valence-electron chi connectivity index (χ4n) is 5.00. The van der Waals surface area contributed by atoms with Crippen LogP contribution < -0.4 is 14.4 Å². The summed E-state index contributed by atoms with van der Waals surface area (Å²) in [5, 5.41) is 1.66. The zero-order valence-corrected chi connectivity index (χ0v) is 22.8. The molecular weight excluding hydrogens is 526 g/mol. The van der Waals surface area contributed by atoms with Crippen molar-refractivity contribution in [3.63, 3.8) is 0 Å². The first kappa shape index (κ1) is 25.7. The maximum atomic E-state index is 12.9. The van der Waals surface area contributed by atoms with Gasteiger partial charge in [0.25, 0.3) is 5.91 Å². The van der Waals surface area contributed by atoms with Gasteiger partial charge in [0.15, 0.2) is 12.3 Å². The minimum Gasteiger partial charge on any atom is -0.497 e. The third kappa shape index (κ3) is 5.18. The van der Waals surface area contributed by atoms with Gasteiger partial charge in [-0.3, -0.25) is 4.79 Å². The molecule has 2 aromatic heterocycles. The molecule has 0 unspecified atom stereocenters. The Hall–Kier alpha value is -4.56. The third-order valence-electron chi connectivity index (χ3n) is 7.11. The van der Waals surface area contributed by atoms with Crippen LogP contribution in [0.5, 0.6) is 11.5 Å². The molecule has 5 aromatic rings. The normalized spacial score (nSPS) is 13.4. The average molecular weight is 554 g/mol. The Kier molecular flexibility index (Phi) is 7.25. The fraction of sp³-hybridized carbons (Fsp3) is 0.194. The standard InChI is InChI=1S/C31H28ClN5O3/c1-39-25-11-13-26(14-12-25)40-20-28(38)35-15-17-36(18-16-35)30-29-27(22-5-3-2-4-6-22)19-37(31(29)34-21-33-30)24-9-7-23(32)8-10-24/h2-14,19,21H,15-18,20H2,1H3. The maximum Gasteiger partial charge on any atom is 0.260 e. The van der Waals surface area contributed by atoms with E-state index < -0.39 is 0 Å². The minimum absolute atomic E-state index is 0.00776. The smallest absolute Gasteiger partial charge is 0.260 e. The van der Waals surface area contributed by atoms with E-state index in [2.05, 4.69) is 27.8 Å². The second-order valence-electron chi connectivity index (χ2n) is 9.48. The molecule has 0 aliphatic carbocycles. The molecule has 1 aliphatic heterocycles. The van der Waals surface area contributed by atoms with Gasteiger partial charge in [0.05, 0.1) is 12.5 Å². The molecule has 8 nitrogen and oxygen atoms in total. The van der Waals surface area contributed by atoms with Crippen molar-refractivity contribution in [1.82, 2.24) is 19.4 Å². The Morgan fingerprint density at radius 3 is 2.27 bits per heavy atom. The summed E-state index contributed by atoms with van der Waals surface area (Å²) < 4.78 is 13.0. The molecule has 0 atom stereocenters. The number of halogens is 1.